The summed E-state index contributed by atoms with van der Waals surface area (Å²) in [6.45, 7) is 5.55. The number of ether oxygens (including phenoxy) is 2. The molecule has 4 rings (SSSR count). The molecule has 4 aromatic rings. The number of aromatic nitrogens is 2. The number of hydrogen-bond donors (Lipinski definition) is 1. The number of imidazole rings is 1. The second kappa shape index (κ2) is 9.56. The molecule has 1 heterocycles. The monoisotopic (exact) mass is 429 g/mol. The van der Waals surface area contributed by atoms with E-state index in [1.54, 1.807) is 31.4 Å². The van der Waals surface area contributed by atoms with Gasteiger partial charge >= 0.3 is 0 Å². The third-order valence-electron chi connectivity index (χ3n) is 5.41. The molecule has 0 unspecified atom stereocenters. The maximum absolute atomic E-state index is 12.6. The Hall–Kier alpha value is -3.80. The van der Waals surface area contributed by atoms with Crippen molar-refractivity contribution in [3.05, 3.63) is 89.2 Å². The SMILES string of the molecule is COc1ccc(C(=O)NCc2nc3ccccc3n2CCOc2cc(C)ccc2C)cc1. The van der Waals surface area contributed by atoms with E-state index in [0.717, 1.165) is 28.2 Å². The molecular weight excluding hydrogens is 402 g/mol. The van der Waals surface area contributed by atoms with Gasteiger partial charge in [-0.3, -0.25) is 4.79 Å². The van der Waals surface area contributed by atoms with Crippen LogP contribution in [0.3, 0.4) is 0 Å². The molecule has 0 aliphatic heterocycles. The number of nitrogens with one attached hydrogen (secondary N) is 1. The highest BCUT2D eigenvalue weighted by Gasteiger charge is 2.13. The minimum Gasteiger partial charge on any atom is -0.497 e. The zero-order chi connectivity index (χ0) is 22.5. The Balaban J connectivity index is 1.48. The average molecular weight is 430 g/mol. The molecule has 0 atom stereocenters. The molecule has 0 bridgehead atoms. The summed E-state index contributed by atoms with van der Waals surface area (Å²) in [4.78, 5) is 17.3. The highest BCUT2D eigenvalue weighted by Crippen LogP contribution is 2.20. The summed E-state index contributed by atoms with van der Waals surface area (Å²) >= 11 is 0. The number of nitrogens with zero attached hydrogens (tertiary/aromatic N) is 2. The van der Waals surface area contributed by atoms with Crippen LogP contribution in [0.1, 0.15) is 27.3 Å². The molecule has 1 aromatic heterocycles. The van der Waals surface area contributed by atoms with Crippen molar-refractivity contribution >= 4 is 16.9 Å². The topological polar surface area (TPSA) is 65.4 Å². The maximum atomic E-state index is 12.6. The van der Waals surface area contributed by atoms with E-state index < -0.39 is 0 Å². The Morgan fingerprint density at radius 1 is 1.03 bits per heavy atom. The summed E-state index contributed by atoms with van der Waals surface area (Å²) in [5, 5.41) is 2.97. The molecule has 6 nitrogen and oxygen atoms in total. The first kappa shape index (κ1) is 21.4. The van der Waals surface area contributed by atoms with Crippen molar-refractivity contribution < 1.29 is 14.3 Å². The molecule has 164 valence electrons. The summed E-state index contributed by atoms with van der Waals surface area (Å²) in [7, 11) is 1.60. The van der Waals surface area contributed by atoms with Gasteiger partial charge in [0.25, 0.3) is 5.91 Å². The van der Waals surface area contributed by atoms with Gasteiger partial charge in [0, 0.05) is 5.56 Å². The van der Waals surface area contributed by atoms with E-state index in [1.807, 2.05) is 31.2 Å². The van der Waals surface area contributed by atoms with E-state index >= 15 is 0 Å². The number of carbonyl (C=O) groups excluding carboxylic acids is 1. The lowest BCUT2D eigenvalue weighted by Gasteiger charge is -2.13. The van der Waals surface area contributed by atoms with Crippen molar-refractivity contribution in [2.75, 3.05) is 13.7 Å². The first-order valence-corrected chi connectivity index (χ1v) is 10.6. The largest absolute Gasteiger partial charge is 0.497 e. The third-order valence-corrected chi connectivity index (χ3v) is 5.41. The van der Waals surface area contributed by atoms with Crippen LogP contribution >= 0.6 is 0 Å². The number of benzene rings is 3. The molecule has 0 spiro atoms. The van der Waals surface area contributed by atoms with Crippen LogP contribution < -0.4 is 14.8 Å². The summed E-state index contributed by atoms with van der Waals surface area (Å²) < 4.78 is 13.3. The third kappa shape index (κ3) is 4.75. The van der Waals surface area contributed by atoms with Crippen LogP contribution in [0, 0.1) is 13.8 Å². The van der Waals surface area contributed by atoms with Crippen LogP contribution in [0.25, 0.3) is 11.0 Å². The van der Waals surface area contributed by atoms with Crippen LogP contribution in [0.4, 0.5) is 0 Å². The molecule has 3 aromatic carbocycles. The molecule has 0 aliphatic carbocycles. The first-order chi connectivity index (χ1) is 15.5. The molecule has 1 amide bonds. The number of rotatable bonds is 8. The summed E-state index contributed by atoms with van der Waals surface area (Å²) in [5.41, 5.74) is 4.77. The Bertz CT molecular complexity index is 1230. The van der Waals surface area contributed by atoms with Gasteiger partial charge in [0.15, 0.2) is 0 Å². The van der Waals surface area contributed by atoms with Crippen molar-refractivity contribution in [2.24, 2.45) is 0 Å². The number of fused-ring (bicyclic) bond motifs is 1. The standard InChI is InChI=1S/C26H27N3O3/c1-18-8-9-19(2)24(16-18)32-15-14-29-23-7-5-4-6-22(23)28-25(29)17-27-26(30)20-10-12-21(31-3)13-11-20/h4-13,16H,14-15,17H2,1-3H3,(H,27,30). The Kier molecular flexibility index (Phi) is 6.40. The zero-order valence-corrected chi connectivity index (χ0v) is 18.6. The number of amides is 1. The lowest BCUT2D eigenvalue weighted by molar-refractivity contribution is 0.0949. The van der Waals surface area contributed by atoms with E-state index in [1.165, 1.54) is 5.56 Å². The molecule has 32 heavy (non-hydrogen) atoms. The molecular formula is C26H27N3O3. The fourth-order valence-corrected chi connectivity index (χ4v) is 3.62. The second-order valence-corrected chi connectivity index (χ2v) is 7.70. The summed E-state index contributed by atoms with van der Waals surface area (Å²) in [6.07, 6.45) is 0. The van der Waals surface area contributed by atoms with Gasteiger partial charge in [-0.25, -0.2) is 4.98 Å². The summed E-state index contributed by atoms with van der Waals surface area (Å²) in [5.74, 6) is 2.24. The molecule has 6 heteroatoms. The van der Waals surface area contributed by atoms with E-state index in [-0.39, 0.29) is 5.91 Å². The lowest BCUT2D eigenvalue weighted by Crippen LogP contribution is -2.25. The van der Waals surface area contributed by atoms with Crippen LogP contribution in [-0.2, 0) is 13.1 Å². The zero-order valence-electron chi connectivity index (χ0n) is 18.6. The fourth-order valence-electron chi connectivity index (χ4n) is 3.62. The number of carbonyl (C=O) groups is 1. The van der Waals surface area contributed by atoms with Gasteiger partial charge in [-0.2, -0.15) is 0 Å². The van der Waals surface area contributed by atoms with Crippen molar-refractivity contribution in [2.45, 2.75) is 26.9 Å². The smallest absolute Gasteiger partial charge is 0.251 e. The fraction of sp³-hybridized carbons (Fsp3) is 0.231. The summed E-state index contributed by atoms with van der Waals surface area (Å²) in [6, 6.07) is 21.2. The second-order valence-electron chi connectivity index (χ2n) is 7.70. The quantitative estimate of drug-likeness (QED) is 0.442. The van der Waals surface area contributed by atoms with E-state index in [2.05, 4.69) is 35.0 Å². The van der Waals surface area contributed by atoms with Crippen molar-refractivity contribution in [1.82, 2.24) is 14.9 Å². The van der Waals surface area contributed by atoms with E-state index in [9.17, 15) is 4.79 Å². The van der Waals surface area contributed by atoms with Crippen LogP contribution in [0.5, 0.6) is 11.5 Å². The Labute approximate surface area is 187 Å². The maximum Gasteiger partial charge on any atom is 0.251 e. The number of aryl methyl sites for hydroxylation is 2. The predicted molar refractivity (Wildman–Crippen MR) is 125 cm³/mol. The number of para-hydroxylation sites is 2. The normalized spacial score (nSPS) is 10.8. The van der Waals surface area contributed by atoms with Gasteiger partial charge in [-0.15, -0.1) is 0 Å². The minimum atomic E-state index is -0.155. The average Bonchev–Trinajstić information content (AvgIpc) is 3.17. The van der Waals surface area contributed by atoms with Gasteiger partial charge in [0.05, 0.1) is 31.2 Å². The predicted octanol–water partition coefficient (Wildman–Crippen LogP) is 4.67. The Morgan fingerprint density at radius 2 is 1.81 bits per heavy atom. The molecule has 1 N–H and O–H groups in total. The highest BCUT2D eigenvalue weighted by atomic mass is 16.5. The van der Waals surface area contributed by atoms with Crippen molar-refractivity contribution in [3.8, 4) is 11.5 Å². The van der Waals surface area contributed by atoms with Gasteiger partial charge in [0.1, 0.15) is 23.9 Å². The molecule has 0 saturated carbocycles. The first-order valence-electron chi connectivity index (χ1n) is 10.6. The number of methoxy groups -OCH3 is 1. The van der Waals surface area contributed by atoms with Crippen LogP contribution in [0.15, 0.2) is 66.7 Å². The van der Waals surface area contributed by atoms with E-state index in [4.69, 9.17) is 14.5 Å². The van der Waals surface area contributed by atoms with Gasteiger partial charge in [-0.05, 0) is 67.4 Å². The Morgan fingerprint density at radius 3 is 2.59 bits per heavy atom. The van der Waals surface area contributed by atoms with Gasteiger partial charge in [0.2, 0.25) is 0 Å². The molecule has 0 fully saturated rings. The minimum absolute atomic E-state index is 0.155. The van der Waals surface area contributed by atoms with Crippen LogP contribution in [0.2, 0.25) is 0 Å². The molecule has 0 saturated heterocycles. The number of hydrogen-bond acceptors (Lipinski definition) is 4. The van der Waals surface area contributed by atoms with Crippen molar-refractivity contribution in [1.29, 1.82) is 0 Å². The molecule has 0 aliphatic rings. The highest BCUT2D eigenvalue weighted by molar-refractivity contribution is 5.94. The molecule has 0 radical (unpaired) electrons. The lowest BCUT2D eigenvalue weighted by atomic mass is 10.1. The van der Waals surface area contributed by atoms with Crippen LogP contribution in [-0.4, -0.2) is 29.2 Å². The van der Waals surface area contributed by atoms with Gasteiger partial charge < -0.3 is 19.4 Å². The van der Waals surface area contributed by atoms with Gasteiger partial charge in [-0.1, -0.05) is 24.3 Å². The van der Waals surface area contributed by atoms with Crippen molar-refractivity contribution in [3.63, 3.8) is 0 Å². The van der Waals surface area contributed by atoms with E-state index in [0.29, 0.717) is 31.0 Å².